The predicted molar refractivity (Wildman–Crippen MR) is 108 cm³/mol. The number of nitrogens with one attached hydrogen (secondary N) is 2. The maximum absolute atomic E-state index is 12.9. The number of sulfonamides is 1. The Kier molecular flexibility index (Phi) is 4.96. The highest BCUT2D eigenvalue weighted by molar-refractivity contribution is 7.92. The van der Waals surface area contributed by atoms with E-state index in [-0.39, 0.29) is 4.90 Å². The molecule has 0 fully saturated rings. The first-order valence-corrected chi connectivity index (χ1v) is 11.2. The third kappa shape index (κ3) is 3.68. The van der Waals surface area contributed by atoms with Gasteiger partial charge in [0.1, 0.15) is 5.75 Å². The highest BCUT2D eigenvalue weighted by Crippen LogP contribution is 2.33. The summed E-state index contributed by atoms with van der Waals surface area (Å²) in [5, 5.41) is 1.17. The molecule has 1 aliphatic rings. The molecule has 0 amide bonds. The molecule has 3 aromatic rings. The molecular weight excluding hydrogens is 400 g/mol. The van der Waals surface area contributed by atoms with E-state index >= 15 is 0 Å². The van der Waals surface area contributed by atoms with Crippen LogP contribution in [0.2, 0.25) is 0 Å². The van der Waals surface area contributed by atoms with Crippen LogP contribution in [0.25, 0.3) is 10.8 Å². The zero-order chi connectivity index (χ0) is 19.7. The number of hydrogen-bond acceptors (Lipinski definition) is 5. The van der Waals surface area contributed by atoms with Gasteiger partial charge in [-0.3, -0.25) is 8.93 Å². The molecule has 7 nitrogen and oxygen atoms in total. The zero-order valence-corrected chi connectivity index (χ0v) is 16.3. The zero-order valence-electron chi connectivity index (χ0n) is 14.7. The standard InChI is InChI=1S/C19H18N2O5S2/c22-27(23)20-17-8-9-18(16-6-2-1-5-15(16)17)21-28(24,25)14-7-10-19-13(12-14)4-3-11-26-19/h1-2,5-10,12,20-21H,3-4,11H2,(H,22,23)/p-1. The van der Waals surface area contributed by atoms with Crippen LogP contribution in [0.15, 0.2) is 59.5 Å². The van der Waals surface area contributed by atoms with Gasteiger partial charge in [0.05, 0.1) is 22.9 Å². The van der Waals surface area contributed by atoms with Crippen molar-refractivity contribution in [2.75, 3.05) is 16.1 Å². The number of anilines is 2. The fraction of sp³-hybridized carbons (Fsp3) is 0.158. The predicted octanol–water partition coefficient (Wildman–Crippen LogP) is 3.17. The van der Waals surface area contributed by atoms with Gasteiger partial charge in [-0.1, -0.05) is 24.3 Å². The maximum atomic E-state index is 12.9. The van der Waals surface area contributed by atoms with E-state index in [1.54, 1.807) is 36.4 Å². The van der Waals surface area contributed by atoms with Gasteiger partial charge in [-0.15, -0.1) is 0 Å². The van der Waals surface area contributed by atoms with Crippen LogP contribution in [0.3, 0.4) is 0 Å². The Morgan fingerprint density at radius 2 is 1.71 bits per heavy atom. The molecule has 2 N–H and O–H groups in total. The first kappa shape index (κ1) is 18.7. The van der Waals surface area contributed by atoms with Crippen molar-refractivity contribution >= 4 is 43.4 Å². The molecule has 1 atom stereocenters. The lowest BCUT2D eigenvalue weighted by atomic mass is 10.1. The highest BCUT2D eigenvalue weighted by atomic mass is 32.2. The summed E-state index contributed by atoms with van der Waals surface area (Å²) in [4.78, 5) is 0.156. The molecular formula is C19H17N2O5S2-. The lowest BCUT2D eigenvalue weighted by Gasteiger charge is -2.19. The second kappa shape index (κ2) is 7.42. The van der Waals surface area contributed by atoms with Gasteiger partial charge in [-0.25, -0.2) is 8.42 Å². The van der Waals surface area contributed by atoms with Crippen molar-refractivity contribution in [3.05, 3.63) is 60.2 Å². The Morgan fingerprint density at radius 3 is 2.46 bits per heavy atom. The SMILES string of the molecule is O=S([O-])Nc1ccc(NS(=O)(=O)c2ccc3c(c2)CCCO3)c2ccccc12. The molecule has 3 aromatic carbocycles. The number of benzene rings is 3. The van der Waals surface area contributed by atoms with Crippen molar-refractivity contribution in [2.45, 2.75) is 17.7 Å². The summed E-state index contributed by atoms with van der Waals surface area (Å²) < 4.78 is 58.3. The van der Waals surface area contributed by atoms with Crippen LogP contribution in [-0.4, -0.2) is 23.8 Å². The normalized spacial score (nSPS) is 14.8. The fourth-order valence-electron chi connectivity index (χ4n) is 3.27. The van der Waals surface area contributed by atoms with Gasteiger partial charge >= 0.3 is 0 Å². The first-order chi connectivity index (χ1) is 13.4. The molecule has 0 radical (unpaired) electrons. The van der Waals surface area contributed by atoms with Crippen molar-refractivity contribution in [1.29, 1.82) is 0 Å². The summed E-state index contributed by atoms with van der Waals surface area (Å²) in [7, 11) is -3.82. The number of ether oxygens (including phenoxy) is 1. The van der Waals surface area contributed by atoms with E-state index in [1.165, 1.54) is 18.2 Å². The molecule has 0 spiro atoms. The number of fused-ring (bicyclic) bond motifs is 2. The van der Waals surface area contributed by atoms with Gasteiger partial charge in [0, 0.05) is 22.0 Å². The van der Waals surface area contributed by atoms with Crippen LogP contribution >= 0.6 is 0 Å². The average Bonchev–Trinajstić information content (AvgIpc) is 2.69. The Hall–Kier alpha value is -2.62. The maximum Gasteiger partial charge on any atom is 0.261 e. The Labute approximate surface area is 165 Å². The Morgan fingerprint density at radius 1 is 1.00 bits per heavy atom. The molecule has 28 heavy (non-hydrogen) atoms. The molecule has 1 unspecified atom stereocenters. The van der Waals surface area contributed by atoms with E-state index in [4.69, 9.17) is 4.74 Å². The second-order valence-corrected chi connectivity index (χ2v) is 8.73. The Bertz CT molecular complexity index is 1180. The highest BCUT2D eigenvalue weighted by Gasteiger charge is 2.19. The molecule has 0 aromatic heterocycles. The smallest absolute Gasteiger partial charge is 0.261 e. The average molecular weight is 417 g/mol. The van der Waals surface area contributed by atoms with E-state index in [1.807, 2.05) is 0 Å². The lowest BCUT2D eigenvalue weighted by molar-refractivity contribution is 0.288. The Balaban J connectivity index is 1.72. The third-order valence-corrected chi connectivity index (χ3v) is 6.30. The number of rotatable bonds is 5. The van der Waals surface area contributed by atoms with E-state index in [0.29, 0.717) is 28.8 Å². The summed E-state index contributed by atoms with van der Waals surface area (Å²) in [5.74, 6) is 0.719. The first-order valence-electron chi connectivity index (χ1n) is 8.60. The van der Waals surface area contributed by atoms with Crippen molar-refractivity contribution in [2.24, 2.45) is 0 Å². The molecule has 1 heterocycles. The van der Waals surface area contributed by atoms with Crippen molar-refractivity contribution in [1.82, 2.24) is 0 Å². The summed E-state index contributed by atoms with van der Waals surface area (Å²) in [6.45, 7) is 0.637. The van der Waals surface area contributed by atoms with Gasteiger partial charge in [0.2, 0.25) is 0 Å². The summed E-state index contributed by atoms with van der Waals surface area (Å²) >= 11 is -2.48. The van der Waals surface area contributed by atoms with Crippen molar-refractivity contribution in [3.63, 3.8) is 0 Å². The summed E-state index contributed by atoms with van der Waals surface area (Å²) in [6.07, 6.45) is 1.62. The monoisotopic (exact) mass is 417 g/mol. The summed E-state index contributed by atoms with van der Waals surface area (Å²) in [6, 6.07) is 14.9. The molecule has 1 aliphatic heterocycles. The van der Waals surface area contributed by atoms with Crippen LogP contribution < -0.4 is 14.2 Å². The van der Waals surface area contributed by atoms with E-state index in [9.17, 15) is 17.2 Å². The van der Waals surface area contributed by atoms with Crippen LogP contribution in [0, 0.1) is 0 Å². The number of hydrogen-bond donors (Lipinski definition) is 2. The molecule has 0 saturated carbocycles. The van der Waals surface area contributed by atoms with E-state index in [2.05, 4.69) is 9.44 Å². The summed E-state index contributed by atoms with van der Waals surface area (Å²) in [5.41, 5.74) is 1.61. The van der Waals surface area contributed by atoms with E-state index < -0.39 is 21.3 Å². The molecule has 4 rings (SSSR count). The molecule has 0 saturated heterocycles. The number of aryl methyl sites for hydroxylation is 1. The largest absolute Gasteiger partial charge is 0.755 e. The minimum atomic E-state index is -3.82. The lowest BCUT2D eigenvalue weighted by Crippen LogP contribution is -2.15. The molecule has 0 aliphatic carbocycles. The van der Waals surface area contributed by atoms with Gasteiger partial charge in [-0.2, -0.15) is 0 Å². The minimum Gasteiger partial charge on any atom is -0.755 e. The minimum absolute atomic E-state index is 0.156. The molecule has 0 bridgehead atoms. The fourth-order valence-corrected chi connectivity index (χ4v) is 4.76. The second-order valence-electron chi connectivity index (χ2n) is 6.37. The van der Waals surface area contributed by atoms with E-state index in [0.717, 1.165) is 24.2 Å². The quantitative estimate of drug-likeness (QED) is 0.620. The van der Waals surface area contributed by atoms with Crippen LogP contribution in [0.1, 0.15) is 12.0 Å². The van der Waals surface area contributed by atoms with Gasteiger partial charge < -0.3 is 14.0 Å². The van der Waals surface area contributed by atoms with Crippen LogP contribution in [0.4, 0.5) is 11.4 Å². The van der Waals surface area contributed by atoms with Crippen LogP contribution in [0.5, 0.6) is 5.75 Å². The van der Waals surface area contributed by atoms with Gasteiger partial charge in [-0.05, 0) is 48.7 Å². The molecule has 146 valence electrons. The van der Waals surface area contributed by atoms with Gasteiger partial charge in [0.15, 0.2) is 0 Å². The van der Waals surface area contributed by atoms with Crippen molar-refractivity contribution in [3.8, 4) is 5.75 Å². The molecule has 9 heteroatoms. The third-order valence-electron chi connectivity index (χ3n) is 4.55. The topological polar surface area (TPSA) is 108 Å². The van der Waals surface area contributed by atoms with Gasteiger partial charge in [0.25, 0.3) is 10.0 Å². The van der Waals surface area contributed by atoms with Crippen LogP contribution in [-0.2, 0) is 27.7 Å². The van der Waals surface area contributed by atoms with Crippen molar-refractivity contribution < 1.29 is 21.9 Å².